The van der Waals surface area contributed by atoms with E-state index in [2.05, 4.69) is 54.8 Å². The van der Waals surface area contributed by atoms with E-state index in [0.29, 0.717) is 13.2 Å². The molecule has 0 fully saturated rings. The van der Waals surface area contributed by atoms with Crippen LogP contribution in [0.3, 0.4) is 0 Å². The molecule has 0 bridgehead atoms. The second-order valence-electron chi connectivity index (χ2n) is 6.43. The summed E-state index contributed by atoms with van der Waals surface area (Å²) in [5.41, 5.74) is 6.43. The van der Waals surface area contributed by atoms with Crippen LogP contribution < -0.4 is 15.4 Å². The first kappa shape index (κ1) is 18.8. The first-order valence-electron chi connectivity index (χ1n) is 9.08. The number of nitrogens with one attached hydrogen (secondary N) is 2. The summed E-state index contributed by atoms with van der Waals surface area (Å²) in [4.78, 5) is 0. The summed E-state index contributed by atoms with van der Waals surface area (Å²) in [6, 6.07) is 22.5. The van der Waals surface area contributed by atoms with E-state index in [9.17, 15) is 0 Å². The number of methoxy groups -OCH3 is 1. The SMILES string of the molecule is COCCOc1cc(Nc2ccccc2C)ccc1Nc1ccccc1C. The molecule has 27 heavy (non-hydrogen) atoms. The third kappa shape index (κ3) is 5.02. The molecule has 0 aliphatic heterocycles. The summed E-state index contributed by atoms with van der Waals surface area (Å²) < 4.78 is 11.1. The predicted molar refractivity (Wildman–Crippen MR) is 113 cm³/mol. The quantitative estimate of drug-likeness (QED) is 0.496. The lowest BCUT2D eigenvalue weighted by Crippen LogP contribution is -2.06. The molecule has 0 aliphatic rings. The van der Waals surface area contributed by atoms with Gasteiger partial charge in [-0.05, 0) is 49.2 Å². The van der Waals surface area contributed by atoms with Gasteiger partial charge in [0.2, 0.25) is 0 Å². The molecule has 3 aromatic rings. The molecule has 0 radical (unpaired) electrons. The Kier molecular flexibility index (Phi) is 6.34. The maximum Gasteiger partial charge on any atom is 0.144 e. The molecule has 4 nitrogen and oxygen atoms in total. The Balaban J connectivity index is 1.86. The molecular weight excluding hydrogens is 336 g/mol. The second-order valence-corrected chi connectivity index (χ2v) is 6.43. The van der Waals surface area contributed by atoms with Crippen LogP contribution in [0.15, 0.2) is 66.7 Å². The van der Waals surface area contributed by atoms with Gasteiger partial charge in [0.05, 0.1) is 12.3 Å². The van der Waals surface area contributed by atoms with Gasteiger partial charge in [0.25, 0.3) is 0 Å². The molecule has 0 spiro atoms. The van der Waals surface area contributed by atoms with Crippen LogP contribution in [0, 0.1) is 13.8 Å². The van der Waals surface area contributed by atoms with Crippen molar-refractivity contribution in [1.82, 2.24) is 0 Å². The molecular formula is C23H26N2O2. The van der Waals surface area contributed by atoms with E-state index < -0.39 is 0 Å². The van der Waals surface area contributed by atoms with Crippen LogP contribution in [0.4, 0.5) is 22.7 Å². The maximum absolute atomic E-state index is 5.97. The van der Waals surface area contributed by atoms with E-state index in [1.807, 2.05) is 36.4 Å². The lowest BCUT2D eigenvalue weighted by Gasteiger charge is -2.17. The van der Waals surface area contributed by atoms with E-state index in [4.69, 9.17) is 9.47 Å². The highest BCUT2D eigenvalue weighted by Gasteiger charge is 2.08. The van der Waals surface area contributed by atoms with Crippen molar-refractivity contribution < 1.29 is 9.47 Å². The average Bonchev–Trinajstić information content (AvgIpc) is 2.67. The molecule has 0 heterocycles. The molecule has 0 unspecified atom stereocenters. The van der Waals surface area contributed by atoms with Crippen molar-refractivity contribution in [3.05, 3.63) is 77.9 Å². The number of hydrogen-bond acceptors (Lipinski definition) is 4. The number of ether oxygens (including phenoxy) is 2. The molecule has 0 aromatic heterocycles. The van der Waals surface area contributed by atoms with Gasteiger partial charge in [-0.3, -0.25) is 0 Å². The molecule has 0 aliphatic carbocycles. The van der Waals surface area contributed by atoms with E-state index in [0.717, 1.165) is 28.5 Å². The smallest absolute Gasteiger partial charge is 0.144 e. The molecule has 140 valence electrons. The van der Waals surface area contributed by atoms with Crippen LogP contribution in [0.2, 0.25) is 0 Å². The lowest BCUT2D eigenvalue weighted by atomic mass is 10.1. The number of para-hydroxylation sites is 2. The van der Waals surface area contributed by atoms with Gasteiger partial charge in [-0.2, -0.15) is 0 Å². The highest BCUT2D eigenvalue weighted by molar-refractivity contribution is 5.73. The Morgan fingerprint density at radius 3 is 1.96 bits per heavy atom. The number of rotatable bonds is 8. The Morgan fingerprint density at radius 2 is 1.33 bits per heavy atom. The summed E-state index contributed by atoms with van der Waals surface area (Å²) >= 11 is 0. The topological polar surface area (TPSA) is 42.5 Å². The summed E-state index contributed by atoms with van der Waals surface area (Å²) in [6.07, 6.45) is 0. The van der Waals surface area contributed by atoms with Crippen molar-refractivity contribution in [1.29, 1.82) is 0 Å². The number of aryl methyl sites for hydroxylation is 2. The van der Waals surface area contributed by atoms with Crippen molar-refractivity contribution >= 4 is 22.7 Å². The summed E-state index contributed by atoms with van der Waals surface area (Å²) in [5, 5.41) is 6.94. The van der Waals surface area contributed by atoms with Gasteiger partial charge in [-0.25, -0.2) is 0 Å². The molecule has 3 aromatic carbocycles. The molecule has 3 rings (SSSR count). The third-order valence-electron chi connectivity index (χ3n) is 4.37. The zero-order valence-electron chi connectivity index (χ0n) is 16.1. The van der Waals surface area contributed by atoms with Crippen molar-refractivity contribution in [2.24, 2.45) is 0 Å². The van der Waals surface area contributed by atoms with Gasteiger partial charge in [0.15, 0.2) is 0 Å². The zero-order valence-corrected chi connectivity index (χ0v) is 16.1. The fourth-order valence-electron chi connectivity index (χ4n) is 2.78. The van der Waals surface area contributed by atoms with Gasteiger partial charge in [0.1, 0.15) is 12.4 Å². The van der Waals surface area contributed by atoms with Crippen molar-refractivity contribution in [2.75, 3.05) is 31.0 Å². The van der Waals surface area contributed by atoms with Crippen LogP contribution in [-0.4, -0.2) is 20.3 Å². The van der Waals surface area contributed by atoms with Crippen LogP contribution in [0.25, 0.3) is 0 Å². The van der Waals surface area contributed by atoms with Gasteiger partial charge >= 0.3 is 0 Å². The number of anilines is 4. The Morgan fingerprint density at radius 1 is 0.704 bits per heavy atom. The average molecular weight is 362 g/mol. The molecule has 0 atom stereocenters. The number of benzene rings is 3. The van der Waals surface area contributed by atoms with Crippen molar-refractivity contribution in [2.45, 2.75) is 13.8 Å². The van der Waals surface area contributed by atoms with Gasteiger partial charge in [-0.15, -0.1) is 0 Å². The Bertz CT molecular complexity index is 893. The largest absolute Gasteiger partial charge is 0.489 e. The van der Waals surface area contributed by atoms with Gasteiger partial charge < -0.3 is 20.1 Å². The van der Waals surface area contributed by atoms with Gasteiger partial charge in [-0.1, -0.05) is 36.4 Å². The molecule has 0 saturated carbocycles. The predicted octanol–water partition coefficient (Wildman–Crippen LogP) is 5.82. The van der Waals surface area contributed by atoms with Crippen LogP contribution >= 0.6 is 0 Å². The van der Waals surface area contributed by atoms with Crippen LogP contribution in [-0.2, 0) is 4.74 Å². The van der Waals surface area contributed by atoms with E-state index >= 15 is 0 Å². The third-order valence-corrected chi connectivity index (χ3v) is 4.37. The second kappa shape index (κ2) is 9.10. The Labute approximate surface area is 161 Å². The van der Waals surface area contributed by atoms with E-state index in [1.165, 1.54) is 11.1 Å². The molecule has 4 heteroatoms. The van der Waals surface area contributed by atoms with Crippen LogP contribution in [0.5, 0.6) is 5.75 Å². The zero-order chi connectivity index (χ0) is 19.1. The normalized spacial score (nSPS) is 10.5. The minimum absolute atomic E-state index is 0.493. The summed E-state index contributed by atoms with van der Waals surface area (Å²) in [5.74, 6) is 0.786. The summed E-state index contributed by atoms with van der Waals surface area (Å²) in [7, 11) is 1.67. The van der Waals surface area contributed by atoms with Crippen molar-refractivity contribution in [3.8, 4) is 5.75 Å². The number of hydrogen-bond donors (Lipinski definition) is 2. The minimum atomic E-state index is 0.493. The summed E-state index contributed by atoms with van der Waals surface area (Å²) in [6.45, 7) is 5.21. The van der Waals surface area contributed by atoms with Crippen LogP contribution in [0.1, 0.15) is 11.1 Å². The highest BCUT2D eigenvalue weighted by atomic mass is 16.5. The van der Waals surface area contributed by atoms with E-state index in [-0.39, 0.29) is 0 Å². The first-order valence-corrected chi connectivity index (χ1v) is 9.08. The van der Waals surface area contributed by atoms with Crippen molar-refractivity contribution in [3.63, 3.8) is 0 Å². The first-order chi connectivity index (χ1) is 13.2. The fourth-order valence-corrected chi connectivity index (χ4v) is 2.78. The Hall–Kier alpha value is -2.98. The standard InChI is InChI=1S/C23H26N2O2/c1-17-8-4-6-10-20(17)24-19-12-13-22(23(16-19)27-15-14-26-3)25-21-11-7-5-9-18(21)2/h4-13,16,24-25H,14-15H2,1-3H3. The lowest BCUT2D eigenvalue weighted by molar-refractivity contribution is 0.147. The maximum atomic E-state index is 5.97. The highest BCUT2D eigenvalue weighted by Crippen LogP contribution is 2.33. The fraction of sp³-hybridized carbons (Fsp3) is 0.217. The molecule has 2 N–H and O–H groups in total. The minimum Gasteiger partial charge on any atom is -0.489 e. The van der Waals surface area contributed by atoms with Gasteiger partial charge in [0, 0.05) is 30.2 Å². The monoisotopic (exact) mass is 362 g/mol. The molecule has 0 saturated heterocycles. The van der Waals surface area contributed by atoms with E-state index in [1.54, 1.807) is 7.11 Å². The molecule has 0 amide bonds.